The second-order valence-corrected chi connectivity index (χ2v) is 5.50. The number of nitrogens with one attached hydrogen (secondary N) is 2. The van der Waals surface area contributed by atoms with Gasteiger partial charge in [-0.05, 0) is 24.3 Å². The summed E-state index contributed by atoms with van der Waals surface area (Å²) in [6.45, 7) is 0. The van der Waals surface area contributed by atoms with E-state index >= 15 is 0 Å². The fraction of sp³-hybridized carbons (Fsp3) is 0.167. The Hall–Kier alpha value is -2.80. The summed E-state index contributed by atoms with van der Waals surface area (Å²) in [5, 5.41) is 8.50. The van der Waals surface area contributed by atoms with Crippen LogP contribution in [0.5, 0.6) is 0 Å². The number of anilines is 1. The monoisotopic (exact) mass is 375 g/mol. The van der Waals surface area contributed by atoms with Crippen molar-refractivity contribution < 1.29 is 22.8 Å². The highest BCUT2D eigenvalue weighted by Gasteiger charge is 2.38. The molecule has 0 unspecified atom stereocenters. The molecule has 0 bridgehead atoms. The number of halogens is 3. The SMILES string of the molecule is NNC(=O)c1ccc(NC(=O)CSc2nnc(C(F)(F)F)n2N)cc1. The second kappa shape index (κ2) is 7.40. The van der Waals surface area contributed by atoms with Crippen LogP contribution in [0, 0.1) is 0 Å². The number of carbonyl (C=O) groups excluding carboxylic acids is 2. The third-order valence-electron chi connectivity index (χ3n) is 2.81. The summed E-state index contributed by atoms with van der Waals surface area (Å²) in [5.74, 6) is 7.66. The molecule has 134 valence electrons. The quantitative estimate of drug-likeness (QED) is 0.256. The Morgan fingerprint density at radius 1 is 1.20 bits per heavy atom. The van der Waals surface area contributed by atoms with Crippen LogP contribution >= 0.6 is 11.8 Å². The molecule has 2 rings (SSSR count). The Labute approximate surface area is 142 Å². The Balaban J connectivity index is 1.93. The van der Waals surface area contributed by atoms with Gasteiger partial charge in [0.05, 0.1) is 5.75 Å². The van der Waals surface area contributed by atoms with E-state index in [-0.39, 0.29) is 15.6 Å². The lowest BCUT2D eigenvalue weighted by Crippen LogP contribution is -2.29. The van der Waals surface area contributed by atoms with Crippen LogP contribution in [0.2, 0.25) is 0 Å². The lowest BCUT2D eigenvalue weighted by atomic mass is 10.2. The molecule has 6 N–H and O–H groups in total. The molecule has 0 atom stereocenters. The van der Waals surface area contributed by atoms with Gasteiger partial charge in [0.25, 0.3) is 11.7 Å². The molecular weight excluding hydrogens is 363 g/mol. The lowest BCUT2D eigenvalue weighted by Gasteiger charge is -2.07. The predicted molar refractivity (Wildman–Crippen MR) is 82.6 cm³/mol. The van der Waals surface area contributed by atoms with E-state index in [1.165, 1.54) is 24.3 Å². The van der Waals surface area contributed by atoms with Gasteiger partial charge in [0, 0.05) is 11.3 Å². The van der Waals surface area contributed by atoms with Crippen LogP contribution in [-0.4, -0.2) is 32.4 Å². The van der Waals surface area contributed by atoms with Crippen molar-refractivity contribution in [3.63, 3.8) is 0 Å². The van der Waals surface area contributed by atoms with Crippen LogP contribution in [0.25, 0.3) is 0 Å². The summed E-state index contributed by atoms with van der Waals surface area (Å²) >= 11 is 0.695. The molecule has 0 aliphatic heterocycles. The van der Waals surface area contributed by atoms with E-state index < -0.39 is 23.8 Å². The number of thioether (sulfide) groups is 1. The Kier molecular flexibility index (Phi) is 5.48. The van der Waals surface area contributed by atoms with Gasteiger partial charge in [0.1, 0.15) is 0 Å². The molecule has 9 nitrogen and oxygen atoms in total. The zero-order valence-electron chi connectivity index (χ0n) is 12.4. The van der Waals surface area contributed by atoms with Gasteiger partial charge in [-0.2, -0.15) is 13.2 Å². The van der Waals surface area contributed by atoms with Crippen molar-refractivity contribution >= 4 is 29.3 Å². The first-order valence-electron chi connectivity index (χ1n) is 6.53. The van der Waals surface area contributed by atoms with E-state index in [1.54, 1.807) is 0 Å². The minimum absolute atomic E-state index is 0.238. The number of rotatable bonds is 5. The van der Waals surface area contributed by atoms with Crippen molar-refractivity contribution in [1.29, 1.82) is 0 Å². The average molecular weight is 375 g/mol. The smallest absolute Gasteiger partial charge is 0.335 e. The number of nitrogens with two attached hydrogens (primary N) is 2. The number of benzene rings is 1. The third-order valence-corrected chi connectivity index (χ3v) is 3.76. The first-order valence-corrected chi connectivity index (χ1v) is 7.52. The zero-order valence-corrected chi connectivity index (χ0v) is 13.2. The highest BCUT2D eigenvalue weighted by atomic mass is 32.2. The molecule has 0 spiro atoms. The molecule has 2 amide bonds. The van der Waals surface area contributed by atoms with Crippen LogP contribution in [0.15, 0.2) is 29.4 Å². The summed E-state index contributed by atoms with van der Waals surface area (Å²) in [6, 6.07) is 5.83. The lowest BCUT2D eigenvalue weighted by molar-refractivity contribution is -0.146. The summed E-state index contributed by atoms with van der Waals surface area (Å²) in [4.78, 5) is 23.1. The standard InChI is InChI=1S/C12H12F3N7O2S/c13-12(14,15)10-20-21-11(22(10)17)25-5-8(23)18-7-3-1-6(2-4-7)9(24)19-16/h1-4H,5,16-17H2,(H,18,23)(H,19,24). The fourth-order valence-electron chi connectivity index (χ4n) is 1.68. The van der Waals surface area contributed by atoms with Gasteiger partial charge in [-0.25, -0.2) is 10.5 Å². The van der Waals surface area contributed by atoms with Crippen LogP contribution in [0.3, 0.4) is 0 Å². The van der Waals surface area contributed by atoms with E-state index in [1.807, 2.05) is 5.43 Å². The molecule has 0 saturated carbocycles. The molecule has 1 heterocycles. The van der Waals surface area contributed by atoms with Crippen LogP contribution in [0.1, 0.15) is 16.2 Å². The Morgan fingerprint density at radius 2 is 1.84 bits per heavy atom. The second-order valence-electron chi connectivity index (χ2n) is 4.56. The molecule has 0 fully saturated rings. The minimum Gasteiger partial charge on any atom is -0.335 e. The maximum Gasteiger partial charge on any atom is 0.453 e. The third kappa shape index (κ3) is 4.60. The number of hydrazine groups is 1. The molecule has 2 aromatic rings. The number of aromatic nitrogens is 3. The van der Waals surface area contributed by atoms with E-state index in [9.17, 15) is 22.8 Å². The van der Waals surface area contributed by atoms with E-state index in [4.69, 9.17) is 11.7 Å². The van der Waals surface area contributed by atoms with Gasteiger partial charge in [-0.15, -0.1) is 10.2 Å². The number of hydrogen-bond acceptors (Lipinski definition) is 7. The average Bonchev–Trinajstić information content (AvgIpc) is 2.94. The van der Waals surface area contributed by atoms with Crippen molar-refractivity contribution in [3.8, 4) is 0 Å². The van der Waals surface area contributed by atoms with Crippen LogP contribution in [0.4, 0.5) is 18.9 Å². The molecule has 1 aromatic heterocycles. The van der Waals surface area contributed by atoms with Gasteiger partial charge in [0.2, 0.25) is 11.1 Å². The van der Waals surface area contributed by atoms with Crippen molar-refractivity contribution in [2.45, 2.75) is 11.3 Å². The number of nitrogens with zero attached hydrogens (tertiary/aromatic N) is 3. The molecular formula is C12H12F3N7O2S. The van der Waals surface area contributed by atoms with Crippen molar-refractivity contribution in [1.82, 2.24) is 20.3 Å². The van der Waals surface area contributed by atoms with E-state index in [0.29, 0.717) is 23.0 Å². The summed E-state index contributed by atoms with van der Waals surface area (Å²) in [6.07, 6.45) is -4.74. The van der Waals surface area contributed by atoms with Crippen LogP contribution < -0.4 is 22.4 Å². The largest absolute Gasteiger partial charge is 0.453 e. The molecule has 0 saturated heterocycles. The number of hydrogen-bond donors (Lipinski definition) is 4. The van der Waals surface area contributed by atoms with Crippen molar-refractivity contribution in [2.24, 2.45) is 5.84 Å². The number of nitrogen functional groups attached to an aromatic ring is 2. The first-order chi connectivity index (χ1) is 11.7. The van der Waals surface area contributed by atoms with Gasteiger partial charge in [-0.1, -0.05) is 11.8 Å². The van der Waals surface area contributed by atoms with Crippen LogP contribution in [-0.2, 0) is 11.0 Å². The highest BCUT2D eigenvalue weighted by molar-refractivity contribution is 7.99. The summed E-state index contributed by atoms with van der Waals surface area (Å²) in [5.41, 5.74) is 2.65. The van der Waals surface area contributed by atoms with Gasteiger partial charge >= 0.3 is 6.18 Å². The van der Waals surface area contributed by atoms with Gasteiger partial charge in [-0.3, -0.25) is 15.0 Å². The predicted octanol–water partition coefficient (Wildman–Crippen LogP) is 0.345. The maximum atomic E-state index is 12.5. The summed E-state index contributed by atoms with van der Waals surface area (Å²) < 4.78 is 37.9. The minimum atomic E-state index is -4.74. The summed E-state index contributed by atoms with van der Waals surface area (Å²) in [7, 11) is 0. The van der Waals surface area contributed by atoms with Gasteiger partial charge in [0.15, 0.2) is 0 Å². The number of amides is 2. The molecule has 13 heteroatoms. The fourth-order valence-corrected chi connectivity index (χ4v) is 2.34. The first kappa shape index (κ1) is 18.5. The molecule has 25 heavy (non-hydrogen) atoms. The topological polar surface area (TPSA) is 141 Å². The van der Waals surface area contributed by atoms with Crippen molar-refractivity contribution in [3.05, 3.63) is 35.7 Å². The maximum absolute atomic E-state index is 12.5. The number of carbonyl (C=O) groups is 2. The molecule has 0 radical (unpaired) electrons. The molecule has 1 aromatic carbocycles. The Morgan fingerprint density at radius 3 is 2.36 bits per heavy atom. The Bertz CT molecular complexity index is 776. The zero-order chi connectivity index (χ0) is 18.6. The van der Waals surface area contributed by atoms with Crippen molar-refractivity contribution in [2.75, 3.05) is 16.9 Å². The number of alkyl halides is 3. The van der Waals surface area contributed by atoms with E-state index in [2.05, 4.69) is 15.5 Å². The molecule has 0 aliphatic rings. The van der Waals surface area contributed by atoms with E-state index in [0.717, 1.165) is 0 Å². The normalized spacial score (nSPS) is 11.2. The molecule has 0 aliphatic carbocycles. The highest BCUT2D eigenvalue weighted by Crippen LogP contribution is 2.28. The van der Waals surface area contributed by atoms with Gasteiger partial charge < -0.3 is 11.2 Å².